The molecule has 1 aliphatic heterocycles. The van der Waals surface area contributed by atoms with Crippen molar-refractivity contribution in [1.29, 1.82) is 0 Å². The number of benzene rings is 1. The number of carboxylic acid groups (broad SMARTS) is 2. The highest BCUT2D eigenvalue weighted by Crippen LogP contribution is 2.41. The first-order valence-corrected chi connectivity index (χ1v) is 17.0. The first kappa shape index (κ1) is 39.6. The predicted octanol–water partition coefficient (Wildman–Crippen LogP) is 1.20. The fourth-order valence-corrected chi connectivity index (χ4v) is 6.65. The van der Waals surface area contributed by atoms with E-state index >= 15 is 0 Å². The molecular formula is C29H37N5O12S2. The maximum absolute atomic E-state index is 13.4. The van der Waals surface area contributed by atoms with Gasteiger partial charge in [-0.3, -0.25) is 29.3 Å². The molecule has 3 atom stereocenters. The lowest BCUT2D eigenvalue weighted by Crippen LogP contribution is -2.49. The van der Waals surface area contributed by atoms with E-state index in [1.807, 2.05) is 0 Å². The summed E-state index contributed by atoms with van der Waals surface area (Å²) in [6, 6.07) is 2.99. The van der Waals surface area contributed by atoms with Crippen LogP contribution in [0.25, 0.3) is 0 Å². The first-order chi connectivity index (χ1) is 22.7. The molecule has 48 heavy (non-hydrogen) atoms. The number of carbonyl (C=O) groups is 6. The van der Waals surface area contributed by atoms with Crippen LogP contribution in [0.2, 0.25) is 0 Å². The van der Waals surface area contributed by atoms with Crippen molar-refractivity contribution in [1.82, 2.24) is 16.0 Å². The summed E-state index contributed by atoms with van der Waals surface area (Å²) in [6.07, 6.45) is -0.503. The molecule has 0 saturated heterocycles. The van der Waals surface area contributed by atoms with Crippen LogP contribution in [-0.2, 0) is 38.2 Å². The largest absolute Gasteiger partial charge is 0.480 e. The number of ether oxygens (including phenoxy) is 2. The van der Waals surface area contributed by atoms with E-state index in [2.05, 4.69) is 16.0 Å². The van der Waals surface area contributed by atoms with E-state index in [4.69, 9.17) is 25.4 Å². The summed E-state index contributed by atoms with van der Waals surface area (Å²) in [5.74, 6) is -6.73. The van der Waals surface area contributed by atoms with Crippen LogP contribution >= 0.6 is 21.6 Å². The maximum Gasteiger partial charge on any atom is 0.336 e. The van der Waals surface area contributed by atoms with E-state index in [-0.39, 0.29) is 60.0 Å². The molecule has 2 amide bonds. The zero-order chi connectivity index (χ0) is 36.0. The van der Waals surface area contributed by atoms with Gasteiger partial charge in [-0.05, 0) is 32.8 Å². The van der Waals surface area contributed by atoms with Crippen molar-refractivity contribution in [2.24, 2.45) is 5.73 Å². The number of hydrogen-bond acceptors (Lipinski definition) is 14. The van der Waals surface area contributed by atoms with Gasteiger partial charge in [-0.15, -0.1) is 0 Å². The molecule has 17 nitrogen and oxygen atoms in total. The normalized spacial score (nSPS) is 15.5. The highest BCUT2D eigenvalue weighted by molar-refractivity contribution is 8.76. The number of esters is 2. The van der Waals surface area contributed by atoms with Crippen molar-refractivity contribution >= 4 is 63.0 Å². The molecule has 2 rings (SSSR count). The number of allylic oxidation sites excluding steroid dienone is 1. The summed E-state index contributed by atoms with van der Waals surface area (Å²) in [4.78, 5) is 84.7. The zero-order valence-corrected chi connectivity index (χ0v) is 27.9. The number of amides is 2. The van der Waals surface area contributed by atoms with Crippen molar-refractivity contribution in [3.63, 3.8) is 0 Å². The average molecular weight is 712 g/mol. The minimum Gasteiger partial charge on any atom is -0.480 e. The van der Waals surface area contributed by atoms with Gasteiger partial charge in [-0.25, -0.2) is 9.59 Å². The van der Waals surface area contributed by atoms with E-state index in [0.29, 0.717) is 11.4 Å². The average Bonchev–Trinajstić information content (AvgIpc) is 3.03. The van der Waals surface area contributed by atoms with Crippen molar-refractivity contribution in [3.05, 3.63) is 62.5 Å². The van der Waals surface area contributed by atoms with Crippen LogP contribution in [0.1, 0.15) is 45.1 Å². The predicted molar refractivity (Wildman–Crippen MR) is 174 cm³/mol. The minimum absolute atomic E-state index is 0.0120. The van der Waals surface area contributed by atoms with Crippen molar-refractivity contribution in [2.75, 3.05) is 31.3 Å². The van der Waals surface area contributed by atoms with E-state index in [1.54, 1.807) is 26.8 Å². The topological polar surface area (TPSA) is 267 Å². The Morgan fingerprint density at radius 1 is 1.06 bits per heavy atom. The van der Waals surface area contributed by atoms with Gasteiger partial charge in [0.05, 0.1) is 35.2 Å². The molecule has 7 N–H and O–H groups in total. The highest BCUT2D eigenvalue weighted by atomic mass is 33.1. The van der Waals surface area contributed by atoms with Gasteiger partial charge in [0.2, 0.25) is 11.8 Å². The van der Waals surface area contributed by atoms with Crippen molar-refractivity contribution in [2.45, 2.75) is 51.6 Å². The number of nitrogens with zero attached hydrogens (tertiary/aromatic N) is 1. The molecule has 0 bridgehead atoms. The molecule has 0 aromatic heterocycles. The molecule has 19 heteroatoms. The second-order valence-corrected chi connectivity index (χ2v) is 12.6. The van der Waals surface area contributed by atoms with Gasteiger partial charge in [0, 0.05) is 41.5 Å². The zero-order valence-electron chi connectivity index (χ0n) is 26.3. The number of dihydropyridines is 1. The number of hydrogen-bond donors (Lipinski definition) is 6. The third kappa shape index (κ3) is 11.6. The number of rotatable bonds is 19. The Morgan fingerprint density at radius 3 is 2.29 bits per heavy atom. The smallest absolute Gasteiger partial charge is 0.336 e. The standard InChI is InChI=1S/C29H37N5O12S2/c1-4-45-28(41)23-15(3)32-19(25(29(42)46-5-2)24(23)16-7-6-8-17(11-16)34(43)44)13-47-48-14-20(26(38)31-12-22(36)37)33-21(35)10-9-18(30)27(39)40/h6-8,11,18,20,24,32H,4-5,9-10,12-14,30H2,1-3H3,(H,31,38)(H,33,35)(H,36,37)(H,39,40)/t18-,20-,24?/m0/s1. The maximum atomic E-state index is 13.4. The number of carbonyl (C=O) groups excluding carboxylic acids is 4. The number of non-ortho nitro benzene ring substituents is 1. The lowest BCUT2D eigenvalue weighted by atomic mass is 9.80. The Balaban J connectivity index is 2.39. The third-order valence-corrected chi connectivity index (χ3v) is 8.94. The summed E-state index contributed by atoms with van der Waals surface area (Å²) in [6.45, 7) is 4.09. The van der Waals surface area contributed by atoms with E-state index in [0.717, 1.165) is 21.6 Å². The lowest BCUT2D eigenvalue weighted by Gasteiger charge is -2.31. The Bertz CT molecular complexity index is 1480. The minimum atomic E-state index is -1.31. The van der Waals surface area contributed by atoms with Crippen LogP contribution < -0.4 is 21.7 Å². The Labute approximate surface area is 283 Å². The number of nitro groups is 1. The van der Waals surface area contributed by atoms with Crippen LogP contribution in [0.3, 0.4) is 0 Å². The van der Waals surface area contributed by atoms with Gasteiger partial charge < -0.3 is 41.4 Å². The molecule has 0 fully saturated rings. The molecule has 1 aliphatic rings. The van der Waals surface area contributed by atoms with E-state index < -0.39 is 65.2 Å². The molecule has 0 spiro atoms. The molecule has 0 aliphatic carbocycles. The number of carboxylic acids is 2. The molecular weight excluding hydrogens is 674 g/mol. The van der Waals surface area contributed by atoms with E-state index in [9.17, 15) is 38.9 Å². The van der Waals surface area contributed by atoms with Gasteiger partial charge in [0.1, 0.15) is 18.6 Å². The van der Waals surface area contributed by atoms with Crippen molar-refractivity contribution < 1.29 is 53.4 Å². The molecule has 1 aromatic carbocycles. The summed E-state index contributed by atoms with van der Waals surface area (Å²) in [5.41, 5.74) is 6.16. The molecule has 1 unspecified atom stereocenters. The number of aliphatic carboxylic acids is 2. The Hall–Kier alpha value is -4.62. The fourth-order valence-electron chi connectivity index (χ4n) is 4.45. The van der Waals surface area contributed by atoms with Gasteiger partial charge >= 0.3 is 23.9 Å². The molecule has 1 heterocycles. The SMILES string of the molecule is CCOC(=O)C1=C(C)NC(CSSC[C@H](NC(=O)CC[C@H](N)C(=O)O)C(=O)NCC(=O)O)=C(C(=O)OCC)C1c1cccc([N+](=O)[O-])c1. The summed E-state index contributed by atoms with van der Waals surface area (Å²) in [7, 11) is 2.23. The molecule has 0 radical (unpaired) electrons. The second-order valence-electron chi connectivity index (χ2n) is 10.0. The summed E-state index contributed by atoms with van der Waals surface area (Å²) in [5, 5.41) is 37.2. The lowest BCUT2D eigenvalue weighted by molar-refractivity contribution is -0.384. The molecule has 262 valence electrons. The quantitative estimate of drug-likeness (QED) is 0.0387. The van der Waals surface area contributed by atoms with Crippen LogP contribution in [0.4, 0.5) is 5.69 Å². The van der Waals surface area contributed by atoms with Gasteiger partial charge in [-0.1, -0.05) is 33.7 Å². The molecule has 0 saturated carbocycles. The van der Waals surface area contributed by atoms with Crippen LogP contribution in [0.15, 0.2) is 46.8 Å². The van der Waals surface area contributed by atoms with Crippen molar-refractivity contribution in [3.8, 4) is 0 Å². The van der Waals surface area contributed by atoms with Crippen LogP contribution in [0.5, 0.6) is 0 Å². The monoisotopic (exact) mass is 711 g/mol. The number of nitro benzene ring substituents is 1. The summed E-state index contributed by atoms with van der Waals surface area (Å²) < 4.78 is 10.6. The van der Waals surface area contributed by atoms with Crippen LogP contribution in [-0.4, -0.2) is 94.2 Å². The fraction of sp³-hybridized carbons (Fsp3) is 0.448. The summed E-state index contributed by atoms with van der Waals surface area (Å²) >= 11 is 0. The third-order valence-electron chi connectivity index (χ3n) is 6.64. The van der Waals surface area contributed by atoms with Gasteiger partial charge in [-0.2, -0.15) is 0 Å². The molecule has 1 aromatic rings. The number of nitrogens with one attached hydrogen (secondary N) is 3. The number of nitrogens with two attached hydrogens (primary N) is 1. The van der Waals surface area contributed by atoms with E-state index in [1.165, 1.54) is 18.2 Å². The second kappa shape index (κ2) is 19.3. The first-order valence-electron chi connectivity index (χ1n) is 14.5. The Kier molecular flexibility index (Phi) is 15.9. The van der Waals surface area contributed by atoms with Crippen LogP contribution in [0, 0.1) is 10.1 Å². The van der Waals surface area contributed by atoms with Gasteiger partial charge in [0.25, 0.3) is 5.69 Å². The highest BCUT2D eigenvalue weighted by Gasteiger charge is 2.39. The van der Waals surface area contributed by atoms with Gasteiger partial charge in [0.15, 0.2) is 0 Å². The Morgan fingerprint density at radius 2 is 1.71 bits per heavy atom.